The second-order valence-corrected chi connectivity index (χ2v) is 5.91. The molecule has 1 fully saturated rings. The molecule has 126 valence electrons. The first-order valence-electron chi connectivity index (χ1n) is 8.38. The minimum Gasteiger partial charge on any atom is -0.369 e. The Hall–Kier alpha value is -2.47. The Labute approximate surface area is 142 Å². The summed E-state index contributed by atoms with van der Waals surface area (Å²) in [6.07, 6.45) is 4.52. The molecule has 3 rings (SSSR count). The monoisotopic (exact) mass is 325 g/mol. The molecular weight excluding hydrogens is 302 g/mol. The molecule has 24 heavy (non-hydrogen) atoms. The summed E-state index contributed by atoms with van der Waals surface area (Å²) < 4.78 is 0. The molecule has 1 aliphatic heterocycles. The number of hydrogen-bond donors (Lipinski definition) is 2. The van der Waals surface area contributed by atoms with Gasteiger partial charge in [-0.2, -0.15) is 0 Å². The summed E-state index contributed by atoms with van der Waals surface area (Å²) >= 11 is 0. The highest BCUT2D eigenvalue weighted by Crippen LogP contribution is 2.17. The smallest absolute Gasteiger partial charge is 0.270 e. The van der Waals surface area contributed by atoms with Crippen molar-refractivity contribution >= 4 is 11.6 Å². The Bertz CT molecular complexity index is 676. The van der Waals surface area contributed by atoms with Gasteiger partial charge in [-0.25, -0.2) is 0 Å². The maximum Gasteiger partial charge on any atom is 0.270 e. The standard InChI is InChI=1S/C18H23N5O/c1-2-14-13-23(10-9-20-14)16-6-8-21-17(11-16)18(24)22-12-15-5-3-4-7-19-15/h3-8,11,14,20H,2,9-10,12-13H2,1H3,(H,22,24). The van der Waals surface area contributed by atoms with Crippen LogP contribution in [-0.2, 0) is 6.54 Å². The van der Waals surface area contributed by atoms with E-state index in [4.69, 9.17) is 0 Å². The lowest BCUT2D eigenvalue weighted by atomic mass is 10.1. The Balaban J connectivity index is 1.65. The predicted molar refractivity (Wildman–Crippen MR) is 93.9 cm³/mol. The molecule has 1 atom stereocenters. The fourth-order valence-electron chi connectivity index (χ4n) is 2.84. The third kappa shape index (κ3) is 4.08. The molecule has 0 radical (unpaired) electrons. The van der Waals surface area contributed by atoms with Crippen LogP contribution in [-0.4, -0.2) is 41.6 Å². The second kappa shape index (κ2) is 7.88. The Morgan fingerprint density at radius 3 is 3.04 bits per heavy atom. The van der Waals surface area contributed by atoms with Crippen LogP contribution in [0.15, 0.2) is 42.7 Å². The molecule has 0 aromatic carbocycles. The highest BCUT2D eigenvalue weighted by molar-refractivity contribution is 5.93. The first kappa shape index (κ1) is 16.4. The molecule has 1 unspecified atom stereocenters. The Morgan fingerprint density at radius 2 is 2.25 bits per heavy atom. The molecule has 0 spiro atoms. The van der Waals surface area contributed by atoms with Crippen molar-refractivity contribution in [3.63, 3.8) is 0 Å². The number of rotatable bonds is 5. The number of carbonyl (C=O) groups is 1. The first-order valence-corrected chi connectivity index (χ1v) is 8.38. The van der Waals surface area contributed by atoms with Crippen molar-refractivity contribution in [2.45, 2.75) is 25.9 Å². The molecule has 2 aromatic heterocycles. The summed E-state index contributed by atoms with van der Waals surface area (Å²) in [5, 5.41) is 6.37. The van der Waals surface area contributed by atoms with Gasteiger partial charge in [0.25, 0.3) is 5.91 Å². The first-order chi connectivity index (χ1) is 11.8. The zero-order valence-corrected chi connectivity index (χ0v) is 13.9. The quantitative estimate of drug-likeness (QED) is 0.874. The number of hydrogen-bond acceptors (Lipinski definition) is 5. The molecule has 3 heterocycles. The van der Waals surface area contributed by atoms with E-state index in [0.29, 0.717) is 18.3 Å². The minimum atomic E-state index is -0.176. The zero-order valence-electron chi connectivity index (χ0n) is 13.9. The van der Waals surface area contributed by atoms with Crippen molar-refractivity contribution in [2.75, 3.05) is 24.5 Å². The highest BCUT2D eigenvalue weighted by Gasteiger charge is 2.19. The van der Waals surface area contributed by atoms with Gasteiger partial charge in [0.1, 0.15) is 5.69 Å². The van der Waals surface area contributed by atoms with Crippen LogP contribution in [0.4, 0.5) is 5.69 Å². The average Bonchev–Trinajstić information content (AvgIpc) is 2.67. The summed E-state index contributed by atoms with van der Waals surface area (Å²) in [7, 11) is 0. The van der Waals surface area contributed by atoms with E-state index in [1.807, 2.05) is 30.3 Å². The lowest BCUT2D eigenvalue weighted by Crippen LogP contribution is -2.50. The number of piperazine rings is 1. The topological polar surface area (TPSA) is 70.2 Å². The summed E-state index contributed by atoms with van der Waals surface area (Å²) in [6.45, 7) is 5.44. The van der Waals surface area contributed by atoms with Crippen LogP contribution in [0, 0.1) is 0 Å². The van der Waals surface area contributed by atoms with Gasteiger partial charge < -0.3 is 15.5 Å². The van der Waals surface area contributed by atoms with Crippen LogP contribution in [0.25, 0.3) is 0 Å². The molecule has 1 saturated heterocycles. The van der Waals surface area contributed by atoms with Crippen LogP contribution < -0.4 is 15.5 Å². The molecular formula is C18H23N5O. The van der Waals surface area contributed by atoms with Crippen molar-refractivity contribution in [1.82, 2.24) is 20.6 Å². The van der Waals surface area contributed by atoms with Crippen LogP contribution in [0.5, 0.6) is 0 Å². The van der Waals surface area contributed by atoms with Gasteiger partial charge in [-0.15, -0.1) is 0 Å². The van der Waals surface area contributed by atoms with Gasteiger partial charge in [0.05, 0.1) is 12.2 Å². The summed E-state index contributed by atoms with van der Waals surface area (Å²) in [6, 6.07) is 9.97. The van der Waals surface area contributed by atoms with E-state index in [-0.39, 0.29) is 5.91 Å². The number of nitrogens with one attached hydrogen (secondary N) is 2. The minimum absolute atomic E-state index is 0.176. The van der Waals surface area contributed by atoms with E-state index in [1.165, 1.54) is 0 Å². The second-order valence-electron chi connectivity index (χ2n) is 5.91. The number of nitrogens with zero attached hydrogens (tertiary/aromatic N) is 3. The molecule has 6 heteroatoms. The Kier molecular flexibility index (Phi) is 5.38. The summed E-state index contributed by atoms with van der Waals surface area (Å²) in [5.74, 6) is -0.176. The van der Waals surface area contributed by atoms with Gasteiger partial charge in [-0.1, -0.05) is 13.0 Å². The van der Waals surface area contributed by atoms with E-state index < -0.39 is 0 Å². The maximum absolute atomic E-state index is 12.3. The van der Waals surface area contributed by atoms with E-state index in [1.54, 1.807) is 12.4 Å². The van der Waals surface area contributed by atoms with Crippen molar-refractivity contribution in [3.05, 3.63) is 54.1 Å². The third-order valence-corrected chi connectivity index (χ3v) is 4.25. The molecule has 2 aromatic rings. The molecule has 1 aliphatic rings. The van der Waals surface area contributed by atoms with Gasteiger partial charge in [0.2, 0.25) is 0 Å². The van der Waals surface area contributed by atoms with E-state index >= 15 is 0 Å². The molecule has 0 aliphatic carbocycles. The van der Waals surface area contributed by atoms with Crippen molar-refractivity contribution in [2.24, 2.45) is 0 Å². The average molecular weight is 325 g/mol. The molecule has 6 nitrogen and oxygen atoms in total. The predicted octanol–water partition coefficient (Wildman–Crippen LogP) is 1.59. The largest absolute Gasteiger partial charge is 0.369 e. The van der Waals surface area contributed by atoms with Gasteiger partial charge >= 0.3 is 0 Å². The lowest BCUT2D eigenvalue weighted by molar-refractivity contribution is 0.0945. The number of aromatic nitrogens is 2. The summed E-state index contributed by atoms with van der Waals surface area (Å²) in [5.41, 5.74) is 2.32. The van der Waals surface area contributed by atoms with Crippen molar-refractivity contribution in [3.8, 4) is 0 Å². The van der Waals surface area contributed by atoms with Gasteiger partial charge in [-0.05, 0) is 30.7 Å². The number of amides is 1. The molecule has 2 N–H and O–H groups in total. The fraction of sp³-hybridized carbons (Fsp3) is 0.389. The van der Waals surface area contributed by atoms with E-state index in [2.05, 4.69) is 32.4 Å². The van der Waals surface area contributed by atoms with Crippen LogP contribution in [0.1, 0.15) is 29.5 Å². The van der Waals surface area contributed by atoms with Crippen LogP contribution >= 0.6 is 0 Å². The lowest BCUT2D eigenvalue weighted by Gasteiger charge is -2.35. The van der Waals surface area contributed by atoms with Crippen molar-refractivity contribution < 1.29 is 4.79 Å². The highest BCUT2D eigenvalue weighted by atomic mass is 16.1. The third-order valence-electron chi connectivity index (χ3n) is 4.25. The Morgan fingerprint density at radius 1 is 1.33 bits per heavy atom. The number of anilines is 1. The van der Waals surface area contributed by atoms with Gasteiger partial charge in [-0.3, -0.25) is 14.8 Å². The SMILES string of the molecule is CCC1CN(c2ccnc(C(=O)NCc3ccccn3)c2)CCN1. The molecule has 0 bridgehead atoms. The van der Waals surface area contributed by atoms with Gasteiger partial charge in [0.15, 0.2) is 0 Å². The normalized spacial score (nSPS) is 17.5. The molecule has 1 amide bonds. The van der Waals surface area contributed by atoms with Gasteiger partial charge in [0, 0.05) is 43.8 Å². The van der Waals surface area contributed by atoms with E-state index in [9.17, 15) is 4.79 Å². The maximum atomic E-state index is 12.3. The van der Waals surface area contributed by atoms with E-state index in [0.717, 1.165) is 37.4 Å². The fourth-order valence-corrected chi connectivity index (χ4v) is 2.84. The van der Waals surface area contributed by atoms with Crippen LogP contribution in [0.2, 0.25) is 0 Å². The zero-order chi connectivity index (χ0) is 16.8. The molecule has 0 saturated carbocycles. The van der Waals surface area contributed by atoms with Crippen LogP contribution in [0.3, 0.4) is 0 Å². The number of carbonyl (C=O) groups excluding carboxylic acids is 1. The van der Waals surface area contributed by atoms with Crippen molar-refractivity contribution in [1.29, 1.82) is 0 Å². The number of pyridine rings is 2. The summed E-state index contributed by atoms with van der Waals surface area (Å²) in [4.78, 5) is 23.1.